The van der Waals surface area contributed by atoms with E-state index >= 15 is 0 Å². The molecule has 0 saturated carbocycles. The fraction of sp³-hybridized carbons (Fsp3) is 0.227. The van der Waals surface area contributed by atoms with Crippen LogP contribution >= 0.6 is 22.7 Å². The first-order valence-electron chi connectivity index (χ1n) is 9.58. The highest BCUT2D eigenvalue weighted by Crippen LogP contribution is 2.40. The minimum absolute atomic E-state index is 0.200. The Kier molecular flexibility index (Phi) is 5.55. The van der Waals surface area contributed by atoms with Gasteiger partial charge in [0.2, 0.25) is 0 Å². The number of aryl methyl sites for hydroxylation is 1. The number of rotatable bonds is 5. The third kappa shape index (κ3) is 3.82. The fourth-order valence-electron chi connectivity index (χ4n) is 3.18. The molecule has 4 rings (SSSR count). The van der Waals surface area contributed by atoms with Gasteiger partial charge in [-0.25, -0.2) is 4.79 Å². The molecule has 0 radical (unpaired) electrons. The third-order valence-electron chi connectivity index (χ3n) is 4.85. The number of fused-ring (bicyclic) bond motifs is 1. The molecule has 9 heteroatoms. The summed E-state index contributed by atoms with van der Waals surface area (Å²) in [6, 6.07) is 9.08. The maximum absolute atomic E-state index is 13.2. The molecule has 1 aliphatic rings. The van der Waals surface area contributed by atoms with E-state index in [4.69, 9.17) is 9.47 Å². The molecule has 7 nitrogen and oxygen atoms in total. The lowest BCUT2D eigenvalue weighted by Crippen LogP contribution is -2.56. The van der Waals surface area contributed by atoms with Gasteiger partial charge in [-0.1, -0.05) is 12.1 Å². The molecular formula is C22H20N2O5S2. The van der Waals surface area contributed by atoms with E-state index in [0.717, 1.165) is 10.4 Å². The second-order valence-electron chi connectivity index (χ2n) is 7.09. The summed E-state index contributed by atoms with van der Waals surface area (Å²) in [5, 5.41) is 9.44. The first-order chi connectivity index (χ1) is 14.8. The topological polar surface area (TPSA) is 93.7 Å². The Morgan fingerprint density at radius 1 is 1.26 bits per heavy atom. The van der Waals surface area contributed by atoms with Crippen LogP contribution in [0.3, 0.4) is 0 Å². The van der Waals surface area contributed by atoms with Gasteiger partial charge in [-0.15, -0.1) is 22.7 Å². The van der Waals surface area contributed by atoms with E-state index in [0.29, 0.717) is 22.0 Å². The monoisotopic (exact) mass is 456 g/mol. The van der Waals surface area contributed by atoms with Gasteiger partial charge in [-0.05, 0) is 49.9 Å². The highest BCUT2D eigenvalue weighted by atomic mass is 32.1. The number of benzene rings is 1. The molecule has 0 fully saturated rings. The molecule has 1 aromatic carbocycles. The van der Waals surface area contributed by atoms with Gasteiger partial charge in [0.15, 0.2) is 0 Å². The molecule has 0 spiro atoms. The standard InChI is InChI=1S/C22H20N2O5S2/c1-4-28-19(25)17-13(16-6-5-9-30-16)11-31-18(17)24-21(27)22(3)20(26)23-14-10-12(2)7-8-15(14)29-22/h5-11H,4H2,1-3H3,(H,23,26)(H,24,27). The largest absolute Gasteiger partial charge is 0.466 e. The van der Waals surface area contributed by atoms with Gasteiger partial charge in [-0.2, -0.15) is 0 Å². The summed E-state index contributed by atoms with van der Waals surface area (Å²) in [7, 11) is 0. The Morgan fingerprint density at radius 2 is 2.06 bits per heavy atom. The van der Waals surface area contributed by atoms with E-state index in [2.05, 4.69) is 10.6 Å². The second kappa shape index (κ2) is 8.16. The smallest absolute Gasteiger partial charge is 0.341 e. The average Bonchev–Trinajstić information content (AvgIpc) is 3.39. The number of anilines is 2. The van der Waals surface area contributed by atoms with Crippen LogP contribution < -0.4 is 15.4 Å². The molecule has 2 N–H and O–H groups in total. The lowest BCUT2D eigenvalue weighted by molar-refractivity contribution is -0.143. The van der Waals surface area contributed by atoms with E-state index in [1.165, 1.54) is 29.6 Å². The minimum atomic E-state index is -1.80. The van der Waals surface area contributed by atoms with E-state index in [1.807, 2.05) is 30.5 Å². The van der Waals surface area contributed by atoms with Crippen LogP contribution in [-0.4, -0.2) is 30.0 Å². The molecule has 0 aliphatic carbocycles. The summed E-state index contributed by atoms with van der Waals surface area (Å²) in [4.78, 5) is 39.5. The average molecular weight is 457 g/mol. The molecule has 1 unspecified atom stereocenters. The van der Waals surface area contributed by atoms with Gasteiger partial charge in [0.25, 0.3) is 17.4 Å². The number of amides is 2. The summed E-state index contributed by atoms with van der Waals surface area (Å²) in [6.07, 6.45) is 0. The zero-order valence-electron chi connectivity index (χ0n) is 17.1. The quantitative estimate of drug-likeness (QED) is 0.429. The Labute approximate surface area is 187 Å². The molecule has 160 valence electrons. The molecule has 1 atom stereocenters. The minimum Gasteiger partial charge on any atom is -0.466 e. The van der Waals surface area contributed by atoms with Crippen LogP contribution in [0.25, 0.3) is 10.4 Å². The molecular weight excluding hydrogens is 436 g/mol. The number of nitrogens with one attached hydrogen (secondary N) is 2. The van der Waals surface area contributed by atoms with Crippen molar-refractivity contribution < 1.29 is 23.9 Å². The van der Waals surface area contributed by atoms with Gasteiger partial charge >= 0.3 is 5.97 Å². The summed E-state index contributed by atoms with van der Waals surface area (Å²) in [5.41, 5.74) is 0.599. The molecule has 0 bridgehead atoms. The first kappa shape index (κ1) is 21.1. The van der Waals surface area contributed by atoms with Crippen molar-refractivity contribution in [2.24, 2.45) is 0 Å². The van der Waals surface area contributed by atoms with Gasteiger partial charge < -0.3 is 20.1 Å². The highest BCUT2D eigenvalue weighted by Gasteiger charge is 2.47. The summed E-state index contributed by atoms with van der Waals surface area (Å²) >= 11 is 2.67. The zero-order valence-corrected chi connectivity index (χ0v) is 18.7. The van der Waals surface area contributed by atoms with Gasteiger partial charge in [0.05, 0.1) is 12.3 Å². The van der Waals surface area contributed by atoms with Crippen LogP contribution in [0, 0.1) is 6.92 Å². The van der Waals surface area contributed by atoms with Crippen LogP contribution in [0.15, 0.2) is 41.1 Å². The second-order valence-corrected chi connectivity index (χ2v) is 8.92. The van der Waals surface area contributed by atoms with Gasteiger partial charge in [-0.3, -0.25) is 9.59 Å². The van der Waals surface area contributed by atoms with Crippen LogP contribution in [0.1, 0.15) is 29.8 Å². The van der Waals surface area contributed by atoms with Crippen molar-refractivity contribution in [2.45, 2.75) is 26.4 Å². The maximum Gasteiger partial charge on any atom is 0.341 e. The summed E-state index contributed by atoms with van der Waals surface area (Å²) < 4.78 is 11.0. The van der Waals surface area contributed by atoms with Crippen LogP contribution in [-0.2, 0) is 14.3 Å². The third-order valence-corrected chi connectivity index (χ3v) is 6.65. The van der Waals surface area contributed by atoms with Crippen molar-refractivity contribution in [3.8, 4) is 16.2 Å². The number of hydrogen-bond acceptors (Lipinski definition) is 7. The van der Waals surface area contributed by atoms with Gasteiger partial charge in [0.1, 0.15) is 16.3 Å². The number of carbonyl (C=O) groups is 3. The Balaban J connectivity index is 1.66. The van der Waals surface area contributed by atoms with Crippen LogP contribution in [0.4, 0.5) is 10.7 Å². The summed E-state index contributed by atoms with van der Waals surface area (Å²) in [5.74, 6) is -1.40. The van der Waals surface area contributed by atoms with E-state index in [9.17, 15) is 14.4 Å². The van der Waals surface area contributed by atoms with Crippen molar-refractivity contribution in [2.75, 3.05) is 17.2 Å². The van der Waals surface area contributed by atoms with E-state index in [-0.39, 0.29) is 12.2 Å². The maximum atomic E-state index is 13.2. The molecule has 1 aliphatic heterocycles. The summed E-state index contributed by atoms with van der Waals surface area (Å²) in [6.45, 7) is 5.21. The predicted molar refractivity (Wildman–Crippen MR) is 121 cm³/mol. The fourth-order valence-corrected chi connectivity index (χ4v) is 4.95. The molecule has 0 saturated heterocycles. The normalized spacial score (nSPS) is 17.3. The SMILES string of the molecule is CCOC(=O)c1c(-c2cccs2)csc1NC(=O)C1(C)Oc2ccc(C)cc2NC1=O. The Morgan fingerprint density at radius 3 is 2.77 bits per heavy atom. The van der Waals surface area contributed by atoms with Crippen molar-refractivity contribution >= 4 is 51.1 Å². The van der Waals surface area contributed by atoms with Crippen molar-refractivity contribution in [3.05, 3.63) is 52.2 Å². The Bertz CT molecular complexity index is 1170. The van der Waals surface area contributed by atoms with Crippen LogP contribution in [0.5, 0.6) is 5.75 Å². The molecule has 3 heterocycles. The number of ether oxygens (including phenoxy) is 2. The Hall–Kier alpha value is -3.17. The predicted octanol–water partition coefficient (Wildman–Crippen LogP) is 4.69. The first-order valence-corrected chi connectivity index (χ1v) is 11.3. The highest BCUT2D eigenvalue weighted by molar-refractivity contribution is 7.17. The van der Waals surface area contributed by atoms with Crippen molar-refractivity contribution in [1.29, 1.82) is 0 Å². The van der Waals surface area contributed by atoms with Crippen molar-refractivity contribution in [3.63, 3.8) is 0 Å². The molecule has 2 amide bonds. The lowest BCUT2D eigenvalue weighted by atomic mass is 10.0. The zero-order chi connectivity index (χ0) is 22.2. The number of esters is 1. The molecule has 31 heavy (non-hydrogen) atoms. The molecule has 2 aromatic heterocycles. The molecule has 3 aromatic rings. The van der Waals surface area contributed by atoms with Gasteiger partial charge in [0, 0.05) is 15.8 Å². The van der Waals surface area contributed by atoms with E-state index < -0.39 is 23.4 Å². The number of thiophene rings is 2. The van der Waals surface area contributed by atoms with E-state index in [1.54, 1.807) is 24.4 Å². The number of hydrogen-bond donors (Lipinski definition) is 2. The number of carbonyl (C=O) groups excluding carboxylic acids is 3. The van der Waals surface area contributed by atoms with Crippen molar-refractivity contribution in [1.82, 2.24) is 0 Å². The lowest BCUT2D eigenvalue weighted by Gasteiger charge is -2.33. The van der Waals surface area contributed by atoms with Crippen LogP contribution in [0.2, 0.25) is 0 Å².